The van der Waals surface area contributed by atoms with Gasteiger partial charge in [-0.2, -0.15) is 0 Å². The van der Waals surface area contributed by atoms with Gasteiger partial charge in [0.2, 0.25) is 0 Å². The van der Waals surface area contributed by atoms with E-state index < -0.39 is 24.0 Å². The first-order chi connectivity index (χ1) is 9.10. The minimum Gasteiger partial charge on any atom is -0.480 e. The van der Waals surface area contributed by atoms with Crippen LogP contribution in [0, 0.1) is 0 Å². The topological polar surface area (TPSA) is 75.6 Å². The predicted octanol–water partition coefficient (Wildman–Crippen LogP) is 1.52. The minimum absolute atomic E-state index is 0.159. The number of carboxylic acids is 1. The Bertz CT molecular complexity index is 444. The van der Waals surface area contributed by atoms with Crippen molar-refractivity contribution in [1.29, 1.82) is 0 Å². The molecule has 0 saturated heterocycles. The van der Waals surface area contributed by atoms with Gasteiger partial charge >= 0.3 is 5.97 Å². The number of carbonyl (C=O) groups excluding carboxylic acids is 1. The second kappa shape index (κ2) is 7.33. The Hall–Kier alpha value is -2.14. The number of aliphatic carboxylic acids is 1. The van der Waals surface area contributed by atoms with Crippen LogP contribution in [0.3, 0.4) is 0 Å². The summed E-state index contributed by atoms with van der Waals surface area (Å²) in [5.74, 6) is -1.58. The van der Waals surface area contributed by atoms with E-state index in [1.165, 1.54) is 13.2 Å². The van der Waals surface area contributed by atoms with Crippen molar-refractivity contribution in [2.45, 2.75) is 18.6 Å². The summed E-state index contributed by atoms with van der Waals surface area (Å²) in [6.07, 6.45) is 0.781. The zero-order valence-corrected chi connectivity index (χ0v) is 10.7. The van der Waals surface area contributed by atoms with Gasteiger partial charge in [0, 0.05) is 7.11 Å². The third-order valence-electron chi connectivity index (χ3n) is 2.59. The van der Waals surface area contributed by atoms with E-state index in [1.807, 2.05) is 6.07 Å². The number of nitrogens with one attached hydrogen (secondary N) is 1. The van der Waals surface area contributed by atoms with E-state index in [0.29, 0.717) is 5.56 Å². The average molecular weight is 263 g/mol. The highest BCUT2D eigenvalue weighted by Gasteiger charge is 2.25. The second-order valence-corrected chi connectivity index (χ2v) is 3.95. The Morgan fingerprint density at radius 3 is 2.53 bits per heavy atom. The van der Waals surface area contributed by atoms with Crippen molar-refractivity contribution in [3.05, 3.63) is 48.6 Å². The predicted molar refractivity (Wildman–Crippen MR) is 70.6 cm³/mol. The summed E-state index contributed by atoms with van der Waals surface area (Å²) in [5, 5.41) is 11.4. The first-order valence-corrected chi connectivity index (χ1v) is 5.82. The van der Waals surface area contributed by atoms with E-state index >= 15 is 0 Å². The van der Waals surface area contributed by atoms with Crippen molar-refractivity contribution < 1.29 is 19.4 Å². The maximum absolute atomic E-state index is 12.0. The fourth-order valence-electron chi connectivity index (χ4n) is 1.66. The van der Waals surface area contributed by atoms with Crippen LogP contribution in [0.4, 0.5) is 0 Å². The molecule has 19 heavy (non-hydrogen) atoms. The number of rotatable bonds is 7. The molecule has 5 nitrogen and oxygen atoms in total. The summed E-state index contributed by atoms with van der Waals surface area (Å²) in [7, 11) is 1.40. The number of ether oxygens (including phenoxy) is 1. The van der Waals surface area contributed by atoms with Crippen LogP contribution in [0.15, 0.2) is 43.0 Å². The van der Waals surface area contributed by atoms with E-state index in [4.69, 9.17) is 9.84 Å². The molecular weight excluding hydrogens is 246 g/mol. The van der Waals surface area contributed by atoms with Crippen molar-refractivity contribution in [1.82, 2.24) is 5.32 Å². The minimum atomic E-state index is -1.10. The third kappa shape index (κ3) is 4.22. The SMILES string of the molecule is C=CC[C@H](NC(=O)[C@H](OC)c1ccccc1)C(=O)O. The Morgan fingerprint density at radius 2 is 2.05 bits per heavy atom. The molecule has 0 aliphatic carbocycles. The molecule has 0 radical (unpaired) electrons. The molecule has 1 amide bonds. The van der Waals surface area contributed by atoms with Gasteiger partial charge in [-0.05, 0) is 12.0 Å². The van der Waals surface area contributed by atoms with Gasteiger partial charge in [0.25, 0.3) is 5.91 Å². The van der Waals surface area contributed by atoms with Crippen LogP contribution in [-0.4, -0.2) is 30.1 Å². The maximum Gasteiger partial charge on any atom is 0.326 e. The van der Waals surface area contributed by atoms with Crippen molar-refractivity contribution in [3.63, 3.8) is 0 Å². The van der Waals surface area contributed by atoms with Crippen LogP contribution in [-0.2, 0) is 14.3 Å². The Labute approximate surface area is 111 Å². The number of hydrogen-bond acceptors (Lipinski definition) is 3. The molecule has 0 aliphatic heterocycles. The molecule has 0 aliphatic rings. The first-order valence-electron chi connectivity index (χ1n) is 5.82. The van der Waals surface area contributed by atoms with E-state index in [0.717, 1.165) is 0 Å². The van der Waals surface area contributed by atoms with Gasteiger partial charge in [0.1, 0.15) is 6.04 Å². The molecule has 0 bridgehead atoms. The number of amides is 1. The van der Waals surface area contributed by atoms with E-state index in [-0.39, 0.29) is 6.42 Å². The number of carboxylic acid groups (broad SMARTS) is 1. The molecule has 102 valence electrons. The molecule has 0 saturated carbocycles. The first kappa shape index (κ1) is 14.9. The summed E-state index contributed by atoms with van der Waals surface area (Å²) in [5.41, 5.74) is 0.672. The normalized spacial score (nSPS) is 13.3. The highest BCUT2D eigenvalue weighted by Crippen LogP contribution is 2.16. The molecule has 5 heteroatoms. The van der Waals surface area contributed by atoms with Gasteiger partial charge in [-0.25, -0.2) is 4.79 Å². The smallest absolute Gasteiger partial charge is 0.326 e. The summed E-state index contributed by atoms with van der Waals surface area (Å²) >= 11 is 0. The number of benzene rings is 1. The summed E-state index contributed by atoms with van der Waals surface area (Å²) < 4.78 is 5.13. The van der Waals surface area contributed by atoms with Gasteiger partial charge in [-0.15, -0.1) is 6.58 Å². The lowest BCUT2D eigenvalue weighted by Gasteiger charge is -2.18. The number of hydrogen-bond donors (Lipinski definition) is 2. The van der Waals surface area contributed by atoms with Crippen LogP contribution in [0.2, 0.25) is 0 Å². The summed E-state index contributed by atoms with van der Waals surface area (Å²) in [6.45, 7) is 3.47. The quantitative estimate of drug-likeness (QED) is 0.731. The standard InChI is InChI=1S/C14H17NO4/c1-3-7-11(14(17)18)15-13(16)12(19-2)10-8-5-4-6-9-10/h3-6,8-9,11-12H,1,7H2,2H3,(H,15,16)(H,17,18)/t11-,12+/m0/s1. The lowest BCUT2D eigenvalue weighted by molar-refractivity contribution is -0.143. The van der Waals surface area contributed by atoms with Gasteiger partial charge in [0.05, 0.1) is 0 Å². The zero-order valence-electron chi connectivity index (χ0n) is 10.7. The van der Waals surface area contributed by atoms with Crippen LogP contribution >= 0.6 is 0 Å². The van der Waals surface area contributed by atoms with Crippen molar-refractivity contribution >= 4 is 11.9 Å². The lowest BCUT2D eigenvalue weighted by atomic mass is 10.1. The molecule has 0 fully saturated rings. The summed E-state index contributed by atoms with van der Waals surface area (Å²) in [6, 6.07) is 7.89. The molecule has 1 aromatic carbocycles. The molecular formula is C14H17NO4. The van der Waals surface area contributed by atoms with Crippen LogP contribution in [0.5, 0.6) is 0 Å². The van der Waals surface area contributed by atoms with Gasteiger partial charge < -0.3 is 15.2 Å². The van der Waals surface area contributed by atoms with Gasteiger partial charge in [-0.3, -0.25) is 4.79 Å². The summed E-state index contributed by atoms with van der Waals surface area (Å²) in [4.78, 5) is 23.0. The zero-order chi connectivity index (χ0) is 14.3. The highest BCUT2D eigenvalue weighted by molar-refractivity contribution is 5.87. The van der Waals surface area contributed by atoms with Crippen LogP contribution in [0.25, 0.3) is 0 Å². The van der Waals surface area contributed by atoms with Gasteiger partial charge in [-0.1, -0.05) is 36.4 Å². The van der Waals surface area contributed by atoms with Crippen molar-refractivity contribution in [2.24, 2.45) is 0 Å². The molecule has 0 heterocycles. The molecule has 0 unspecified atom stereocenters. The third-order valence-corrected chi connectivity index (χ3v) is 2.59. The lowest BCUT2D eigenvalue weighted by Crippen LogP contribution is -2.43. The molecule has 1 aromatic rings. The second-order valence-electron chi connectivity index (χ2n) is 3.95. The van der Waals surface area contributed by atoms with E-state index in [2.05, 4.69) is 11.9 Å². The molecule has 2 N–H and O–H groups in total. The van der Waals surface area contributed by atoms with E-state index in [9.17, 15) is 9.59 Å². The fourth-order valence-corrected chi connectivity index (χ4v) is 1.66. The van der Waals surface area contributed by atoms with E-state index in [1.54, 1.807) is 24.3 Å². The Balaban J connectivity index is 2.79. The highest BCUT2D eigenvalue weighted by atomic mass is 16.5. The number of methoxy groups -OCH3 is 1. The molecule has 0 aromatic heterocycles. The Morgan fingerprint density at radius 1 is 1.42 bits per heavy atom. The molecule has 0 spiro atoms. The monoisotopic (exact) mass is 263 g/mol. The molecule has 1 rings (SSSR count). The van der Waals surface area contributed by atoms with Crippen LogP contribution < -0.4 is 5.32 Å². The largest absolute Gasteiger partial charge is 0.480 e. The fraction of sp³-hybridized carbons (Fsp3) is 0.286. The van der Waals surface area contributed by atoms with Crippen LogP contribution in [0.1, 0.15) is 18.1 Å². The van der Waals surface area contributed by atoms with Gasteiger partial charge in [0.15, 0.2) is 6.10 Å². The van der Waals surface area contributed by atoms with Crippen molar-refractivity contribution in [3.8, 4) is 0 Å². The van der Waals surface area contributed by atoms with Crippen molar-refractivity contribution in [2.75, 3.05) is 7.11 Å². The number of carbonyl (C=O) groups is 2. The Kier molecular flexibility index (Phi) is 5.75. The average Bonchev–Trinajstić information content (AvgIpc) is 2.40. The molecule has 2 atom stereocenters. The maximum atomic E-state index is 12.0.